The van der Waals surface area contributed by atoms with Gasteiger partial charge in [0.25, 0.3) is 11.8 Å². The third kappa shape index (κ3) is 4.95. The summed E-state index contributed by atoms with van der Waals surface area (Å²) in [5.74, 6) is -1.60. The normalized spacial score (nSPS) is 15.8. The number of carbonyl (C=O) groups is 3. The van der Waals surface area contributed by atoms with Crippen LogP contribution in [-0.2, 0) is 16.1 Å². The number of benzene rings is 2. The SMILES string of the molecule is Cc1cc(C(=O)O)cc(C(=O)NCc2cccc(NC(=O)C3CCCO3)c2)c1. The van der Waals surface area contributed by atoms with Gasteiger partial charge in [0, 0.05) is 24.4 Å². The third-order valence-corrected chi connectivity index (χ3v) is 4.46. The van der Waals surface area contributed by atoms with E-state index in [0.29, 0.717) is 23.4 Å². The highest BCUT2D eigenvalue weighted by Gasteiger charge is 2.23. The number of nitrogens with one attached hydrogen (secondary N) is 2. The summed E-state index contributed by atoms with van der Waals surface area (Å²) in [6.45, 7) is 2.59. The molecule has 2 aromatic carbocycles. The van der Waals surface area contributed by atoms with Gasteiger partial charge >= 0.3 is 5.97 Å². The van der Waals surface area contributed by atoms with Crippen molar-refractivity contribution in [1.82, 2.24) is 5.32 Å². The molecule has 146 valence electrons. The molecule has 1 fully saturated rings. The topological polar surface area (TPSA) is 105 Å². The first-order valence-corrected chi connectivity index (χ1v) is 9.07. The lowest BCUT2D eigenvalue weighted by atomic mass is 10.1. The van der Waals surface area contributed by atoms with E-state index in [1.807, 2.05) is 6.07 Å². The predicted octanol–water partition coefficient (Wildman–Crippen LogP) is 2.74. The van der Waals surface area contributed by atoms with Gasteiger partial charge in [-0.2, -0.15) is 0 Å². The van der Waals surface area contributed by atoms with E-state index in [0.717, 1.165) is 18.4 Å². The number of carboxylic acid groups (broad SMARTS) is 1. The maximum atomic E-state index is 12.4. The fourth-order valence-electron chi connectivity index (χ4n) is 3.09. The van der Waals surface area contributed by atoms with Crippen LogP contribution in [0.5, 0.6) is 0 Å². The number of ether oxygens (including phenoxy) is 1. The number of aryl methyl sites for hydroxylation is 1. The minimum absolute atomic E-state index is 0.0731. The second-order valence-electron chi connectivity index (χ2n) is 6.77. The van der Waals surface area contributed by atoms with Crippen LogP contribution in [0.3, 0.4) is 0 Å². The summed E-state index contributed by atoms with van der Waals surface area (Å²) in [5.41, 5.74) is 2.51. The zero-order valence-electron chi connectivity index (χ0n) is 15.5. The van der Waals surface area contributed by atoms with Gasteiger partial charge in [-0.1, -0.05) is 12.1 Å². The summed E-state index contributed by atoms with van der Waals surface area (Å²) in [6.07, 6.45) is 1.19. The van der Waals surface area contributed by atoms with Crippen molar-refractivity contribution in [1.29, 1.82) is 0 Å². The van der Waals surface area contributed by atoms with Crippen LogP contribution in [0.1, 0.15) is 44.7 Å². The first-order chi connectivity index (χ1) is 13.4. The summed E-state index contributed by atoms with van der Waals surface area (Å²) in [4.78, 5) is 35.7. The molecule has 1 atom stereocenters. The summed E-state index contributed by atoms with van der Waals surface area (Å²) in [7, 11) is 0. The van der Waals surface area contributed by atoms with Gasteiger partial charge in [0.2, 0.25) is 0 Å². The molecule has 1 unspecified atom stereocenters. The molecule has 0 radical (unpaired) electrons. The lowest BCUT2D eigenvalue weighted by Crippen LogP contribution is -2.27. The molecular weight excluding hydrogens is 360 g/mol. The summed E-state index contributed by atoms with van der Waals surface area (Å²) >= 11 is 0. The number of hydrogen-bond acceptors (Lipinski definition) is 4. The number of hydrogen-bond donors (Lipinski definition) is 3. The first-order valence-electron chi connectivity index (χ1n) is 9.07. The van der Waals surface area contributed by atoms with E-state index in [1.54, 1.807) is 31.2 Å². The Kier molecular flexibility index (Phi) is 6.06. The Hall–Kier alpha value is -3.19. The maximum Gasteiger partial charge on any atom is 0.335 e. The van der Waals surface area contributed by atoms with Gasteiger partial charge in [0.15, 0.2) is 0 Å². The van der Waals surface area contributed by atoms with Gasteiger partial charge in [-0.15, -0.1) is 0 Å². The van der Waals surface area contributed by atoms with Crippen molar-refractivity contribution < 1.29 is 24.2 Å². The zero-order chi connectivity index (χ0) is 20.1. The van der Waals surface area contributed by atoms with E-state index in [9.17, 15) is 14.4 Å². The second kappa shape index (κ2) is 8.67. The average molecular weight is 382 g/mol. The van der Waals surface area contributed by atoms with Gasteiger partial charge in [-0.3, -0.25) is 9.59 Å². The van der Waals surface area contributed by atoms with Crippen LogP contribution < -0.4 is 10.6 Å². The van der Waals surface area contributed by atoms with Crippen LogP contribution in [0, 0.1) is 6.92 Å². The molecule has 1 aliphatic rings. The van der Waals surface area contributed by atoms with E-state index in [1.165, 1.54) is 12.1 Å². The van der Waals surface area contributed by atoms with Gasteiger partial charge < -0.3 is 20.5 Å². The molecule has 0 aliphatic carbocycles. The minimum atomic E-state index is -1.08. The molecule has 1 saturated heterocycles. The molecule has 7 heteroatoms. The lowest BCUT2D eigenvalue weighted by Gasteiger charge is -2.12. The molecule has 1 heterocycles. The van der Waals surface area contributed by atoms with E-state index in [4.69, 9.17) is 9.84 Å². The highest BCUT2D eigenvalue weighted by atomic mass is 16.5. The molecule has 3 N–H and O–H groups in total. The van der Waals surface area contributed by atoms with Crippen LogP contribution in [0.2, 0.25) is 0 Å². The number of carboxylic acids is 1. The number of carbonyl (C=O) groups excluding carboxylic acids is 2. The quantitative estimate of drug-likeness (QED) is 0.713. The largest absolute Gasteiger partial charge is 0.478 e. The van der Waals surface area contributed by atoms with Crippen molar-refractivity contribution in [3.8, 4) is 0 Å². The van der Waals surface area contributed by atoms with E-state index in [2.05, 4.69) is 10.6 Å². The fourth-order valence-corrected chi connectivity index (χ4v) is 3.09. The summed E-state index contributed by atoms with van der Waals surface area (Å²) in [6, 6.07) is 11.7. The van der Waals surface area contributed by atoms with Crippen molar-refractivity contribution in [2.24, 2.45) is 0 Å². The van der Waals surface area contributed by atoms with Crippen molar-refractivity contribution in [2.45, 2.75) is 32.4 Å². The Morgan fingerprint density at radius 3 is 2.64 bits per heavy atom. The number of amides is 2. The van der Waals surface area contributed by atoms with Crippen LogP contribution >= 0.6 is 0 Å². The smallest absolute Gasteiger partial charge is 0.335 e. The van der Waals surface area contributed by atoms with E-state index in [-0.39, 0.29) is 23.9 Å². The Bertz CT molecular complexity index is 903. The molecule has 2 aromatic rings. The Balaban J connectivity index is 1.62. The van der Waals surface area contributed by atoms with Crippen LogP contribution in [0.25, 0.3) is 0 Å². The standard InChI is InChI=1S/C21H22N2O5/c1-13-8-15(11-16(9-13)21(26)27)19(24)22-12-14-4-2-5-17(10-14)23-20(25)18-6-3-7-28-18/h2,4-5,8-11,18H,3,6-7,12H2,1H3,(H,22,24)(H,23,25)(H,26,27). The Morgan fingerprint density at radius 1 is 1.14 bits per heavy atom. The monoisotopic (exact) mass is 382 g/mol. The van der Waals surface area contributed by atoms with Gasteiger partial charge in [0.05, 0.1) is 5.56 Å². The molecular formula is C21H22N2O5. The van der Waals surface area contributed by atoms with E-state index < -0.39 is 12.1 Å². The average Bonchev–Trinajstić information content (AvgIpc) is 3.21. The Morgan fingerprint density at radius 2 is 1.93 bits per heavy atom. The Labute approximate surface area is 162 Å². The molecule has 0 bridgehead atoms. The molecule has 3 rings (SSSR count). The highest BCUT2D eigenvalue weighted by Crippen LogP contribution is 2.16. The summed E-state index contributed by atoms with van der Waals surface area (Å²) in [5, 5.41) is 14.7. The second-order valence-corrected chi connectivity index (χ2v) is 6.77. The molecule has 0 spiro atoms. The number of aromatic carboxylic acids is 1. The molecule has 7 nitrogen and oxygen atoms in total. The maximum absolute atomic E-state index is 12.4. The first kappa shape index (κ1) is 19.6. The number of rotatable bonds is 6. The molecule has 2 amide bonds. The summed E-state index contributed by atoms with van der Waals surface area (Å²) < 4.78 is 5.37. The van der Waals surface area contributed by atoms with Crippen molar-refractivity contribution in [2.75, 3.05) is 11.9 Å². The molecule has 0 aromatic heterocycles. The molecule has 0 saturated carbocycles. The van der Waals surface area contributed by atoms with Gasteiger partial charge in [0.1, 0.15) is 6.10 Å². The van der Waals surface area contributed by atoms with Crippen LogP contribution in [-0.4, -0.2) is 35.6 Å². The lowest BCUT2D eigenvalue weighted by molar-refractivity contribution is -0.124. The van der Waals surface area contributed by atoms with Crippen LogP contribution in [0.4, 0.5) is 5.69 Å². The molecule has 28 heavy (non-hydrogen) atoms. The van der Waals surface area contributed by atoms with Crippen molar-refractivity contribution in [3.05, 3.63) is 64.7 Å². The fraction of sp³-hybridized carbons (Fsp3) is 0.286. The zero-order valence-corrected chi connectivity index (χ0v) is 15.5. The van der Waals surface area contributed by atoms with Crippen molar-refractivity contribution >= 4 is 23.5 Å². The van der Waals surface area contributed by atoms with Gasteiger partial charge in [-0.25, -0.2) is 4.79 Å². The van der Waals surface area contributed by atoms with Gasteiger partial charge in [-0.05, 0) is 61.2 Å². The third-order valence-electron chi connectivity index (χ3n) is 4.46. The number of anilines is 1. The van der Waals surface area contributed by atoms with E-state index >= 15 is 0 Å². The van der Waals surface area contributed by atoms with Crippen LogP contribution in [0.15, 0.2) is 42.5 Å². The predicted molar refractivity (Wildman–Crippen MR) is 103 cm³/mol. The minimum Gasteiger partial charge on any atom is -0.478 e. The highest BCUT2D eigenvalue weighted by molar-refractivity contribution is 5.98. The van der Waals surface area contributed by atoms with Crippen molar-refractivity contribution in [3.63, 3.8) is 0 Å². The molecule has 1 aliphatic heterocycles.